The lowest BCUT2D eigenvalue weighted by Gasteiger charge is -2.50. The second-order valence-corrected chi connectivity index (χ2v) is 8.43. The number of nitrogens with zero attached hydrogens (tertiary/aromatic N) is 2. The molecular weight excluding hydrogens is 453 g/mol. The van der Waals surface area contributed by atoms with Crippen LogP contribution in [0.25, 0.3) is 0 Å². The summed E-state index contributed by atoms with van der Waals surface area (Å²) in [4.78, 5) is 27.6. The number of carboxylic acid groups (broad SMARTS) is 1. The van der Waals surface area contributed by atoms with E-state index in [0.29, 0.717) is 32.2 Å². The van der Waals surface area contributed by atoms with Gasteiger partial charge >= 0.3 is 12.1 Å². The molecule has 0 aliphatic carbocycles. The maximum Gasteiger partial charge on any atom is 0.490 e. The Morgan fingerprint density at radius 2 is 2.00 bits per heavy atom. The molecule has 10 heteroatoms. The third kappa shape index (κ3) is 6.54. The van der Waals surface area contributed by atoms with Crippen LogP contribution < -0.4 is 0 Å². The Morgan fingerprint density at radius 1 is 1.26 bits per heavy atom. The summed E-state index contributed by atoms with van der Waals surface area (Å²) in [5.74, 6) is -2.20. The highest BCUT2D eigenvalue weighted by atomic mass is 19.4. The van der Waals surface area contributed by atoms with E-state index in [4.69, 9.17) is 19.4 Å². The molecule has 1 N–H and O–H groups in total. The van der Waals surface area contributed by atoms with Gasteiger partial charge in [0.2, 0.25) is 0 Å². The number of aromatic nitrogens is 1. The van der Waals surface area contributed by atoms with Crippen molar-refractivity contribution in [2.45, 2.75) is 38.1 Å². The summed E-state index contributed by atoms with van der Waals surface area (Å²) >= 11 is 0. The van der Waals surface area contributed by atoms with Gasteiger partial charge in [-0.25, -0.2) is 4.79 Å². The molecular formula is C24H27F3N2O5. The molecule has 2 fully saturated rings. The predicted molar refractivity (Wildman–Crippen MR) is 116 cm³/mol. The highest BCUT2D eigenvalue weighted by molar-refractivity contribution is 5.95. The van der Waals surface area contributed by atoms with Crippen molar-refractivity contribution in [3.05, 3.63) is 65.5 Å². The molecule has 1 aromatic heterocycles. The van der Waals surface area contributed by atoms with Crippen molar-refractivity contribution >= 4 is 11.9 Å². The van der Waals surface area contributed by atoms with Crippen molar-refractivity contribution in [3.8, 4) is 0 Å². The summed E-state index contributed by atoms with van der Waals surface area (Å²) < 4.78 is 43.6. The molecule has 1 amide bonds. The molecule has 1 unspecified atom stereocenters. The molecule has 34 heavy (non-hydrogen) atoms. The SMILES string of the molecule is Cc1cccc(C(=O)N2CC3(C2)OCCC3CCOCc2cccnc2)c1.O=C(O)C(F)(F)F. The number of benzene rings is 1. The standard InChI is InChI=1S/C22H26N2O3.C2HF3O2/c1-17-4-2-6-19(12-17)21(25)24-15-22(16-24)20(8-11-27-22)7-10-26-14-18-5-3-9-23-13-18;3-2(4,5)1(6)7/h2-6,9,12-13,20H,7-8,10-11,14-16H2,1H3;(H,6,7). The molecule has 0 bridgehead atoms. The largest absolute Gasteiger partial charge is 0.490 e. The third-order valence-corrected chi connectivity index (χ3v) is 5.91. The number of alkyl halides is 3. The van der Waals surface area contributed by atoms with Gasteiger partial charge in [0.05, 0.1) is 19.7 Å². The Labute approximate surface area is 195 Å². The van der Waals surface area contributed by atoms with Crippen LogP contribution in [0, 0.1) is 12.8 Å². The van der Waals surface area contributed by atoms with Crippen LogP contribution in [0.5, 0.6) is 0 Å². The maximum absolute atomic E-state index is 12.7. The Hall–Kier alpha value is -2.98. The number of halogens is 3. The number of carbonyl (C=O) groups excluding carboxylic acids is 1. The smallest absolute Gasteiger partial charge is 0.475 e. The molecule has 2 saturated heterocycles. The lowest BCUT2D eigenvalue weighted by Crippen LogP contribution is -2.66. The van der Waals surface area contributed by atoms with E-state index < -0.39 is 12.1 Å². The number of hydrogen-bond acceptors (Lipinski definition) is 5. The second-order valence-electron chi connectivity index (χ2n) is 8.43. The topological polar surface area (TPSA) is 89.0 Å². The minimum Gasteiger partial charge on any atom is -0.475 e. The summed E-state index contributed by atoms with van der Waals surface area (Å²) in [6, 6.07) is 11.7. The average Bonchev–Trinajstić information content (AvgIpc) is 3.20. The van der Waals surface area contributed by atoms with Crippen LogP contribution >= 0.6 is 0 Å². The first-order valence-electron chi connectivity index (χ1n) is 10.9. The Balaban J connectivity index is 0.000000406. The van der Waals surface area contributed by atoms with Crippen molar-refractivity contribution < 1.29 is 37.3 Å². The molecule has 1 atom stereocenters. The molecule has 184 valence electrons. The van der Waals surface area contributed by atoms with E-state index in [-0.39, 0.29) is 11.5 Å². The van der Waals surface area contributed by atoms with Crippen molar-refractivity contribution in [1.29, 1.82) is 0 Å². The number of hydrogen-bond donors (Lipinski definition) is 1. The summed E-state index contributed by atoms with van der Waals surface area (Å²) in [5.41, 5.74) is 2.79. The van der Waals surface area contributed by atoms with Crippen LogP contribution in [0.1, 0.15) is 34.3 Å². The highest BCUT2D eigenvalue weighted by Crippen LogP contribution is 2.42. The molecule has 0 saturated carbocycles. The quantitative estimate of drug-likeness (QED) is 0.632. The van der Waals surface area contributed by atoms with E-state index in [9.17, 15) is 18.0 Å². The summed E-state index contributed by atoms with van der Waals surface area (Å²) in [6.45, 7) is 5.46. The molecule has 0 radical (unpaired) electrons. The second kappa shape index (κ2) is 11.0. The molecule has 1 spiro atoms. The van der Waals surface area contributed by atoms with Gasteiger partial charge in [0.15, 0.2) is 0 Å². The van der Waals surface area contributed by atoms with Crippen LogP contribution in [-0.2, 0) is 20.9 Å². The Morgan fingerprint density at radius 3 is 2.62 bits per heavy atom. The number of rotatable bonds is 6. The molecule has 2 aliphatic heterocycles. The minimum absolute atomic E-state index is 0.103. The number of carbonyl (C=O) groups is 2. The number of ether oxygens (including phenoxy) is 2. The lowest BCUT2D eigenvalue weighted by atomic mass is 9.79. The van der Waals surface area contributed by atoms with Gasteiger partial charge < -0.3 is 19.5 Å². The lowest BCUT2D eigenvalue weighted by molar-refractivity contribution is -0.192. The first-order chi connectivity index (χ1) is 16.1. The zero-order valence-corrected chi connectivity index (χ0v) is 18.8. The van der Waals surface area contributed by atoms with Gasteiger partial charge in [-0.3, -0.25) is 9.78 Å². The Bertz CT molecular complexity index is 978. The van der Waals surface area contributed by atoms with Gasteiger partial charge in [-0.15, -0.1) is 0 Å². The first kappa shape index (κ1) is 25.6. The summed E-state index contributed by atoms with van der Waals surface area (Å²) in [7, 11) is 0. The first-order valence-corrected chi connectivity index (χ1v) is 10.9. The van der Waals surface area contributed by atoms with Crippen molar-refractivity contribution in [2.24, 2.45) is 5.92 Å². The van der Waals surface area contributed by atoms with Crippen molar-refractivity contribution in [1.82, 2.24) is 9.88 Å². The predicted octanol–water partition coefficient (Wildman–Crippen LogP) is 3.86. The summed E-state index contributed by atoms with van der Waals surface area (Å²) in [6.07, 6.45) is 0.528. The van der Waals surface area contributed by atoms with Gasteiger partial charge in [0, 0.05) is 31.2 Å². The number of amides is 1. The maximum atomic E-state index is 12.7. The van der Waals surface area contributed by atoms with Gasteiger partial charge in [0.25, 0.3) is 5.91 Å². The van der Waals surface area contributed by atoms with Crippen molar-refractivity contribution in [3.63, 3.8) is 0 Å². The molecule has 3 heterocycles. The van der Waals surface area contributed by atoms with E-state index >= 15 is 0 Å². The average molecular weight is 480 g/mol. The van der Waals surface area contributed by atoms with Crippen molar-refractivity contribution in [2.75, 3.05) is 26.3 Å². The van der Waals surface area contributed by atoms with Gasteiger partial charge in [-0.1, -0.05) is 23.8 Å². The van der Waals surface area contributed by atoms with Gasteiger partial charge in [0.1, 0.15) is 5.60 Å². The molecule has 1 aromatic carbocycles. The zero-order chi connectivity index (χ0) is 24.8. The molecule has 7 nitrogen and oxygen atoms in total. The van der Waals surface area contributed by atoms with Crippen LogP contribution in [0.3, 0.4) is 0 Å². The molecule has 2 aromatic rings. The number of pyridine rings is 1. The van der Waals surface area contributed by atoms with Gasteiger partial charge in [-0.2, -0.15) is 13.2 Å². The van der Waals surface area contributed by atoms with Gasteiger partial charge in [-0.05, 0) is 49.4 Å². The monoisotopic (exact) mass is 480 g/mol. The fraction of sp³-hybridized carbons (Fsp3) is 0.458. The van der Waals surface area contributed by atoms with E-state index in [1.165, 1.54) is 0 Å². The van der Waals surface area contributed by atoms with Crippen LogP contribution in [0.4, 0.5) is 13.2 Å². The highest BCUT2D eigenvalue weighted by Gasteiger charge is 2.54. The number of carboxylic acids is 1. The third-order valence-electron chi connectivity index (χ3n) is 5.91. The molecule has 2 aliphatic rings. The molecule has 4 rings (SSSR count). The normalized spacial score (nSPS) is 18.7. The van der Waals surface area contributed by atoms with Crippen LogP contribution in [0.15, 0.2) is 48.8 Å². The Kier molecular flexibility index (Phi) is 8.27. The number of aliphatic carboxylic acids is 1. The number of aryl methyl sites for hydroxylation is 1. The number of likely N-dealkylation sites (tertiary alicyclic amines) is 1. The zero-order valence-electron chi connectivity index (χ0n) is 18.8. The summed E-state index contributed by atoms with van der Waals surface area (Å²) in [5, 5.41) is 7.12. The van der Waals surface area contributed by atoms with E-state index in [2.05, 4.69) is 4.98 Å². The fourth-order valence-electron chi connectivity index (χ4n) is 4.15. The van der Waals surface area contributed by atoms with E-state index in [0.717, 1.165) is 36.1 Å². The minimum atomic E-state index is -5.08. The van der Waals surface area contributed by atoms with E-state index in [1.807, 2.05) is 54.4 Å². The van der Waals surface area contributed by atoms with Crippen LogP contribution in [0.2, 0.25) is 0 Å². The van der Waals surface area contributed by atoms with Crippen LogP contribution in [-0.4, -0.2) is 64.9 Å². The van der Waals surface area contributed by atoms with E-state index in [1.54, 1.807) is 6.20 Å². The fourth-order valence-corrected chi connectivity index (χ4v) is 4.15.